The van der Waals surface area contributed by atoms with Gasteiger partial charge in [-0.2, -0.15) is 4.98 Å². The summed E-state index contributed by atoms with van der Waals surface area (Å²) in [7, 11) is -1.15. The topological polar surface area (TPSA) is 95.3 Å². The summed E-state index contributed by atoms with van der Waals surface area (Å²) in [5.41, 5.74) is 0.672. The standard InChI is InChI=1S/C17H17FN4O4S/c1-25-14-6-7-16(15(9-14)26-2)27(23,24)21-17-19-11-22(20-17)10-12-4-3-5-13(18)8-12/h3-9,11H,10H2,1-2H3,(H,20,21). The monoisotopic (exact) mass is 392 g/mol. The highest BCUT2D eigenvalue weighted by Crippen LogP contribution is 2.29. The van der Waals surface area contributed by atoms with Crippen LogP contribution in [0.5, 0.6) is 11.5 Å². The molecule has 2 aromatic carbocycles. The molecule has 0 aliphatic rings. The molecular weight excluding hydrogens is 375 g/mol. The molecule has 3 aromatic rings. The lowest BCUT2D eigenvalue weighted by molar-refractivity contribution is 0.386. The predicted octanol–water partition coefficient (Wildman–Crippen LogP) is 2.28. The van der Waals surface area contributed by atoms with Crippen LogP contribution in [0.3, 0.4) is 0 Å². The first-order chi connectivity index (χ1) is 12.9. The molecular formula is C17H17FN4O4S. The van der Waals surface area contributed by atoms with Crippen molar-refractivity contribution in [1.29, 1.82) is 0 Å². The van der Waals surface area contributed by atoms with Crippen LogP contribution in [-0.2, 0) is 16.6 Å². The number of hydrogen-bond donors (Lipinski definition) is 1. The molecule has 0 saturated carbocycles. The van der Waals surface area contributed by atoms with E-state index >= 15 is 0 Å². The fourth-order valence-corrected chi connectivity index (χ4v) is 3.51. The van der Waals surface area contributed by atoms with E-state index in [-0.39, 0.29) is 29.0 Å². The molecule has 0 radical (unpaired) electrons. The minimum atomic E-state index is -3.98. The van der Waals surface area contributed by atoms with Gasteiger partial charge in [-0.15, -0.1) is 5.10 Å². The summed E-state index contributed by atoms with van der Waals surface area (Å²) in [6, 6.07) is 10.4. The van der Waals surface area contributed by atoms with Gasteiger partial charge in [0.1, 0.15) is 28.5 Å². The summed E-state index contributed by atoms with van der Waals surface area (Å²) in [4.78, 5) is 3.86. The minimum absolute atomic E-state index is 0.0766. The van der Waals surface area contributed by atoms with Crippen LogP contribution in [0.25, 0.3) is 0 Å². The van der Waals surface area contributed by atoms with Gasteiger partial charge in [0.2, 0.25) is 0 Å². The van der Waals surface area contributed by atoms with Crippen molar-refractivity contribution >= 4 is 16.0 Å². The quantitative estimate of drug-likeness (QED) is 0.663. The summed E-state index contributed by atoms with van der Waals surface area (Å²) >= 11 is 0. The fourth-order valence-electron chi connectivity index (χ4n) is 2.41. The van der Waals surface area contributed by atoms with Gasteiger partial charge in [-0.25, -0.2) is 22.2 Å². The maximum absolute atomic E-state index is 13.3. The molecule has 1 N–H and O–H groups in total. The van der Waals surface area contributed by atoms with Gasteiger partial charge < -0.3 is 9.47 Å². The van der Waals surface area contributed by atoms with Gasteiger partial charge in [-0.05, 0) is 29.8 Å². The highest BCUT2D eigenvalue weighted by Gasteiger charge is 2.22. The fraction of sp³-hybridized carbons (Fsp3) is 0.176. The normalized spacial score (nSPS) is 11.2. The average molecular weight is 392 g/mol. The van der Waals surface area contributed by atoms with Gasteiger partial charge in [0.25, 0.3) is 16.0 Å². The van der Waals surface area contributed by atoms with Crippen LogP contribution in [0.2, 0.25) is 0 Å². The number of anilines is 1. The van der Waals surface area contributed by atoms with Crippen molar-refractivity contribution in [3.63, 3.8) is 0 Å². The summed E-state index contributed by atoms with van der Waals surface area (Å²) < 4.78 is 52.4. The van der Waals surface area contributed by atoms with Crippen molar-refractivity contribution < 1.29 is 22.3 Å². The lowest BCUT2D eigenvalue weighted by Crippen LogP contribution is -2.15. The lowest BCUT2D eigenvalue weighted by Gasteiger charge is -2.11. The summed E-state index contributed by atoms with van der Waals surface area (Å²) in [5.74, 6) is 0.119. The van der Waals surface area contributed by atoms with Gasteiger partial charge in [0, 0.05) is 6.07 Å². The number of methoxy groups -OCH3 is 2. The second-order valence-electron chi connectivity index (χ2n) is 5.52. The number of sulfonamides is 1. The molecule has 0 aliphatic heterocycles. The van der Waals surface area contributed by atoms with Gasteiger partial charge in [-0.1, -0.05) is 12.1 Å². The molecule has 3 rings (SSSR count). The Morgan fingerprint density at radius 3 is 2.67 bits per heavy atom. The Labute approximate surface area is 155 Å². The molecule has 0 saturated heterocycles. The van der Waals surface area contributed by atoms with Crippen molar-refractivity contribution in [3.05, 3.63) is 60.2 Å². The number of nitrogens with one attached hydrogen (secondary N) is 1. The Bertz CT molecular complexity index is 1050. The molecule has 27 heavy (non-hydrogen) atoms. The summed E-state index contributed by atoms with van der Waals surface area (Å²) in [6.45, 7) is 0.248. The zero-order valence-corrected chi connectivity index (χ0v) is 15.4. The molecule has 0 aliphatic carbocycles. The third-order valence-corrected chi connectivity index (χ3v) is 5.02. The average Bonchev–Trinajstić information content (AvgIpc) is 3.07. The molecule has 0 unspecified atom stereocenters. The number of halogens is 1. The maximum atomic E-state index is 13.3. The Balaban J connectivity index is 1.80. The minimum Gasteiger partial charge on any atom is -0.497 e. The number of ether oxygens (including phenoxy) is 2. The number of benzene rings is 2. The smallest absolute Gasteiger partial charge is 0.267 e. The second kappa shape index (κ2) is 7.62. The molecule has 0 fully saturated rings. The predicted molar refractivity (Wildman–Crippen MR) is 95.9 cm³/mol. The van der Waals surface area contributed by atoms with Gasteiger partial charge >= 0.3 is 0 Å². The summed E-state index contributed by atoms with van der Waals surface area (Å²) in [5, 5.41) is 4.06. The molecule has 0 atom stereocenters. The Morgan fingerprint density at radius 1 is 1.15 bits per heavy atom. The van der Waals surface area contributed by atoms with Crippen LogP contribution >= 0.6 is 0 Å². The largest absolute Gasteiger partial charge is 0.497 e. The third kappa shape index (κ3) is 4.34. The van der Waals surface area contributed by atoms with Crippen molar-refractivity contribution in [2.45, 2.75) is 11.4 Å². The molecule has 0 bridgehead atoms. The van der Waals surface area contributed by atoms with Crippen LogP contribution in [0.1, 0.15) is 5.56 Å². The van der Waals surface area contributed by atoms with E-state index in [1.54, 1.807) is 12.1 Å². The Kier molecular flexibility index (Phi) is 5.26. The van der Waals surface area contributed by atoms with Gasteiger partial charge in [-0.3, -0.25) is 0 Å². The molecule has 1 aromatic heterocycles. The molecule has 1 heterocycles. The van der Waals surface area contributed by atoms with Crippen LogP contribution < -0.4 is 14.2 Å². The van der Waals surface area contributed by atoms with Crippen molar-refractivity contribution in [2.75, 3.05) is 18.9 Å². The highest BCUT2D eigenvalue weighted by atomic mass is 32.2. The van der Waals surface area contributed by atoms with E-state index in [2.05, 4.69) is 14.8 Å². The van der Waals surface area contributed by atoms with E-state index in [0.29, 0.717) is 11.3 Å². The van der Waals surface area contributed by atoms with Gasteiger partial charge in [0.05, 0.1) is 20.8 Å². The zero-order valence-electron chi connectivity index (χ0n) is 14.6. The van der Waals surface area contributed by atoms with Crippen LogP contribution in [-0.4, -0.2) is 37.4 Å². The third-order valence-electron chi connectivity index (χ3n) is 3.66. The van der Waals surface area contributed by atoms with Crippen LogP contribution in [0, 0.1) is 5.82 Å². The second-order valence-corrected chi connectivity index (χ2v) is 7.17. The van der Waals surface area contributed by atoms with E-state index in [0.717, 1.165) is 0 Å². The van der Waals surface area contributed by atoms with E-state index in [9.17, 15) is 12.8 Å². The SMILES string of the molecule is COc1ccc(S(=O)(=O)Nc2ncn(Cc3cccc(F)c3)n2)c(OC)c1. The molecule has 0 spiro atoms. The first kappa shape index (κ1) is 18.6. The van der Waals surface area contributed by atoms with E-state index in [4.69, 9.17) is 9.47 Å². The number of aromatic nitrogens is 3. The lowest BCUT2D eigenvalue weighted by atomic mass is 10.2. The van der Waals surface area contributed by atoms with Crippen molar-refractivity contribution in [3.8, 4) is 11.5 Å². The Morgan fingerprint density at radius 2 is 1.96 bits per heavy atom. The number of hydrogen-bond acceptors (Lipinski definition) is 6. The molecule has 142 valence electrons. The van der Waals surface area contributed by atoms with E-state index < -0.39 is 10.0 Å². The zero-order chi connectivity index (χ0) is 19.4. The van der Waals surface area contributed by atoms with Crippen LogP contribution in [0.4, 0.5) is 10.3 Å². The van der Waals surface area contributed by atoms with E-state index in [1.165, 1.54) is 55.6 Å². The highest BCUT2D eigenvalue weighted by molar-refractivity contribution is 7.92. The molecule has 8 nitrogen and oxygen atoms in total. The Hall–Kier alpha value is -3.14. The molecule has 0 amide bonds. The van der Waals surface area contributed by atoms with Crippen molar-refractivity contribution in [2.24, 2.45) is 0 Å². The molecule has 10 heteroatoms. The van der Waals surface area contributed by atoms with E-state index in [1.807, 2.05) is 0 Å². The van der Waals surface area contributed by atoms with Gasteiger partial charge in [0.15, 0.2) is 0 Å². The number of rotatable bonds is 7. The maximum Gasteiger partial charge on any atom is 0.267 e. The van der Waals surface area contributed by atoms with Crippen LogP contribution in [0.15, 0.2) is 53.7 Å². The summed E-state index contributed by atoms with van der Waals surface area (Å²) in [6.07, 6.45) is 1.36. The van der Waals surface area contributed by atoms with Crippen molar-refractivity contribution in [1.82, 2.24) is 14.8 Å². The first-order valence-electron chi connectivity index (χ1n) is 7.80. The number of nitrogens with zero attached hydrogens (tertiary/aromatic N) is 3. The first-order valence-corrected chi connectivity index (χ1v) is 9.28.